The maximum atomic E-state index is 12.3. The smallest absolute Gasteiger partial charge is 0.342 e. The molecule has 0 saturated carbocycles. The minimum absolute atomic E-state index is 0.0995. The molecule has 1 aromatic carbocycles. The summed E-state index contributed by atoms with van der Waals surface area (Å²) in [6, 6.07) is 4.65. The van der Waals surface area contributed by atoms with E-state index in [1.165, 1.54) is 12.1 Å². The second kappa shape index (κ2) is 9.28. The van der Waals surface area contributed by atoms with Gasteiger partial charge in [0.2, 0.25) is 0 Å². The Morgan fingerprint density at radius 3 is 2.50 bits per heavy atom. The molecule has 5 N–H and O–H groups in total. The number of carboxylic acid groups (broad SMARTS) is 2. The van der Waals surface area contributed by atoms with Crippen molar-refractivity contribution in [1.82, 2.24) is 4.98 Å². The number of aromatic nitrogens is 1. The summed E-state index contributed by atoms with van der Waals surface area (Å²) in [5, 5.41) is 19.2. The number of hydrogen-bond donors (Lipinski definition) is 4. The zero-order chi connectivity index (χ0) is 21.8. The lowest BCUT2D eigenvalue weighted by atomic mass is 9.94. The third kappa shape index (κ3) is 4.64. The van der Waals surface area contributed by atoms with Gasteiger partial charge in [-0.05, 0) is 24.6 Å². The van der Waals surface area contributed by atoms with Crippen LogP contribution in [0.25, 0.3) is 11.1 Å². The summed E-state index contributed by atoms with van der Waals surface area (Å²) in [5.74, 6) is -3.36. The molecule has 1 aliphatic rings. The Morgan fingerprint density at radius 1 is 1.20 bits per heavy atom. The molecule has 3 rings (SSSR count). The van der Waals surface area contributed by atoms with Crippen LogP contribution in [0.5, 0.6) is 5.75 Å². The number of hydrogen-bond acceptors (Lipinski definition) is 7. The van der Waals surface area contributed by atoms with Crippen molar-refractivity contribution in [2.75, 3.05) is 25.6 Å². The summed E-state index contributed by atoms with van der Waals surface area (Å²) in [4.78, 5) is 38.0. The van der Waals surface area contributed by atoms with Gasteiger partial charge in [-0.2, -0.15) is 0 Å². The first-order valence-corrected chi connectivity index (χ1v) is 9.77. The highest BCUT2D eigenvalue weighted by Gasteiger charge is 2.28. The van der Waals surface area contributed by atoms with Crippen LogP contribution in [0.2, 0.25) is 0 Å². The number of nitrogens with one attached hydrogen (secondary N) is 1. The fourth-order valence-corrected chi connectivity index (χ4v) is 3.47. The van der Waals surface area contributed by atoms with Crippen LogP contribution in [-0.4, -0.2) is 53.2 Å². The average Bonchev–Trinajstić information content (AvgIpc) is 2.68. The first kappa shape index (κ1) is 21.8. The van der Waals surface area contributed by atoms with Crippen LogP contribution in [0.3, 0.4) is 0 Å². The molecule has 1 aliphatic heterocycles. The van der Waals surface area contributed by atoms with Gasteiger partial charge in [-0.1, -0.05) is 15.9 Å². The number of anilines is 1. The van der Waals surface area contributed by atoms with Crippen LogP contribution < -0.4 is 16.0 Å². The number of pyridine rings is 1. The van der Waals surface area contributed by atoms with Crippen molar-refractivity contribution in [3.8, 4) is 16.9 Å². The molecule has 2 heterocycles. The van der Waals surface area contributed by atoms with Crippen LogP contribution in [-0.2, 0) is 9.47 Å². The largest absolute Gasteiger partial charge is 0.493 e. The highest BCUT2D eigenvalue weighted by molar-refractivity contribution is 9.10. The summed E-state index contributed by atoms with van der Waals surface area (Å²) in [6.45, 7) is 1.33. The summed E-state index contributed by atoms with van der Waals surface area (Å²) in [7, 11) is 0. The topological polar surface area (TPSA) is 161 Å². The number of halogens is 1. The van der Waals surface area contributed by atoms with Crippen molar-refractivity contribution in [3.05, 3.63) is 44.2 Å². The Labute approximate surface area is 178 Å². The van der Waals surface area contributed by atoms with Crippen molar-refractivity contribution >= 4 is 33.7 Å². The zero-order valence-electron chi connectivity index (χ0n) is 15.6. The van der Waals surface area contributed by atoms with E-state index in [1.54, 1.807) is 6.07 Å². The van der Waals surface area contributed by atoms with Gasteiger partial charge in [0.15, 0.2) is 6.29 Å². The summed E-state index contributed by atoms with van der Waals surface area (Å²) < 4.78 is 17.2. The molecule has 0 unspecified atom stereocenters. The highest BCUT2D eigenvalue weighted by atomic mass is 79.9. The lowest BCUT2D eigenvalue weighted by Crippen LogP contribution is -2.26. The van der Waals surface area contributed by atoms with E-state index in [1.807, 2.05) is 0 Å². The molecule has 2 aromatic rings. The number of H-pyrrole nitrogens is 1. The van der Waals surface area contributed by atoms with Crippen LogP contribution in [0, 0.1) is 0 Å². The minimum atomic E-state index is -1.59. The van der Waals surface area contributed by atoms with Gasteiger partial charge in [-0.3, -0.25) is 4.79 Å². The number of aromatic carboxylic acids is 2. The molecule has 10 nitrogen and oxygen atoms in total. The number of nitrogen functional groups attached to an aromatic ring is 1. The lowest BCUT2D eigenvalue weighted by molar-refractivity contribution is -0.183. The third-order valence-electron chi connectivity index (χ3n) is 4.39. The predicted molar refractivity (Wildman–Crippen MR) is 109 cm³/mol. The second-order valence-corrected chi connectivity index (χ2v) is 7.32. The van der Waals surface area contributed by atoms with E-state index in [9.17, 15) is 24.6 Å². The zero-order valence-corrected chi connectivity index (χ0v) is 17.2. The molecule has 1 saturated heterocycles. The van der Waals surface area contributed by atoms with E-state index in [2.05, 4.69) is 20.9 Å². The van der Waals surface area contributed by atoms with Gasteiger partial charge in [-0.15, -0.1) is 0 Å². The fraction of sp³-hybridized carbons (Fsp3) is 0.316. The first-order valence-electron chi connectivity index (χ1n) is 8.98. The Bertz CT molecular complexity index is 1030. The number of carbonyl (C=O) groups is 2. The van der Waals surface area contributed by atoms with Gasteiger partial charge in [-0.25, -0.2) is 9.59 Å². The quantitative estimate of drug-likeness (QED) is 0.463. The molecule has 30 heavy (non-hydrogen) atoms. The Morgan fingerprint density at radius 2 is 1.87 bits per heavy atom. The molecule has 1 fully saturated rings. The molecular weight excluding hydrogens is 464 g/mol. The maximum absolute atomic E-state index is 12.3. The van der Waals surface area contributed by atoms with Crippen LogP contribution in [0.1, 0.15) is 33.6 Å². The second-order valence-electron chi connectivity index (χ2n) is 6.41. The van der Waals surface area contributed by atoms with Gasteiger partial charge >= 0.3 is 11.9 Å². The van der Waals surface area contributed by atoms with Crippen molar-refractivity contribution in [3.63, 3.8) is 0 Å². The Kier molecular flexibility index (Phi) is 6.75. The van der Waals surface area contributed by atoms with Gasteiger partial charge < -0.3 is 35.1 Å². The van der Waals surface area contributed by atoms with E-state index in [0.29, 0.717) is 24.1 Å². The molecule has 0 amide bonds. The van der Waals surface area contributed by atoms with Gasteiger partial charge in [0.1, 0.15) is 22.7 Å². The van der Waals surface area contributed by atoms with Crippen LogP contribution in [0.4, 0.5) is 5.82 Å². The van der Waals surface area contributed by atoms with E-state index >= 15 is 0 Å². The fourth-order valence-electron chi connectivity index (χ4n) is 3.11. The monoisotopic (exact) mass is 482 g/mol. The molecule has 0 spiro atoms. The molecule has 160 valence electrons. The number of ether oxygens (including phenoxy) is 3. The van der Waals surface area contributed by atoms with Crippen molar-refractivity contribution in [2.24, 2.45) is 0 Å². The Balaban J connectivity index is 2.06. The number of nitrogens with two attached hydrogens (primary N) is 1. The number of rotatable bonds is 7. The SMILES string of the molecule is Nc1[nH]c(=O)c(C(=O)O)c(-c2cc(Br)ccc2OCCC2OCCCO2)c1C(=O)O. The predicted octanol–water partition coefficient (Wildman–Crippen LogP) is 2.31. The van der Waals surface area contributed by atoms with Crippen LogP contribution >= 0.6 is 15.9 Å². The molecular formula is C19H19BrN2O8. The van der Waals surface area contributed by atoms with Crippen molar-refractivity contribution < 1.29 is 34.0 Å². The number of carboxylic acids is 2. The van der Waals surface area contributed by atoms with E-state index in [4.69, 9.17) is 19.9 Å². The minimum Gasteiger partial charge on any atom is -0.493 e. The standard InChI is InChI=1S/C19H19BrN2O8/c20-9-2-3-11(28-7-4-12-29-5-1-6-30-12)10(8-9)13-14(18(24)25)16(21)22-17(23)15(13)19(26)27/h2-3,8,12H,1,4-7H2,(H,24,25)(H,26,27)(H3,21,22,23). The van der Waals surface area contributed by atoms with E-state index in [0.717, 1.165) is 6.42 Å². The van der Waals surface area contributed by atoms with Crippen molar-refractivity contribution in [2.45, 2.75) is 19.1 Å². The molecule has 0 atom stereocenters. The summed E-state index contributed by atoms with van der Waals surface area (Å²) in [6.07, 6.45) is 0.802. The summed E-state index contributed by atoms with van der Waals surface area (Å²) in [5.41, 5.74) is 3.17. The van der Waals surface area contributed by atoms with Gasteiger partial charge in [0.05, 0.1) is 19.8 Å². The first-order chi connectivity index (χ1) is 14.3. The molecule has 11 heteroatoms. The van der Waals surface area contributed by atoms with E-state index < -0.39 is 40.7 Å². The normalized spacial score (nSPS) is 14.4. The average molecular weight is 483 g/mol. The maximum Gasteiger partial charge on any atom is 0.342 e. The van der Waals surface area contributed by atoms with Gasteiger partial charge in [0, 0.05) is 22.0 Å². The Hall–Kier alpha value is -2.89. The summed E-state index contributed by atoms with van der Waals surface area (Å²) >= 11 is 3.28. The molecule has 0 bridgehead atoms. The third-order valence-corrected chi connectivity index (χ3v) is 4.88. The van der Waals surface area contributed by atoms with Gasteiger partial charge in [0.25, 0.3) is 5.56 Å². The molecule has 0 aliphatic carbocycles. The highest BCUT2D eigenvalue weighted by Crippen LogP contribution is 2.37. The van der Waals surface area contributed by atoms with E-state index in [-0.39, 0.29) is 23.5 Å². The molecule has 0 radical (unpaired) electrons. The van der Waals surface area contributed by atoms with Crippen molar-refractivity contribution in [1.29, 1.82) is 0 Å². The number of benzene rings is 1. The lowest BCUT2D eigenvalue weighted by Gasteiger charge is -2.23. The molecule has 1 aromatic heterocycles. The number of aromatic amines is 1. The van der Waals surface area contributed by atoms with Crippen LogP contribution in [0.15, 0.2) is 27.5 Å².